The lowest BCUT2D eigenvalue weighted by atomic mass is 10.3. The zero-order valence-electron chi connectivity index (χ0n) is 7.92. The van der Waals surface area contributed by atoms with Crippen LogP contribution in [0.15, 0.2) is 0 Å². The molecule has 0 aromatic carbocycles. The Balaban J connectivity index is 2.16. The van der Waals surface area contributed by atoms with Gasteiger partial charge in [0.2, 0.25) is 0 Å². The van der Waals surface area contributed by atoms with E-state index in [1.165, 1.54) is 26.1 Å². The van der Waals surface area contributed by atoms with Gasteiger partial charge in [-0.15, -0.1) is 6.42 Å². The van der Waals surface area contributed by atoms with Crippen molar-refractivity contribution >= 4 is 0 Å². The molecule has 0 radical (unpaired) electrons. The van der Waals surface area contributed by atoms with Crippen LogP contribution in [0.4, 0.5) is 0 Å². The topological polar surface area (TPSA) is 6.48 Å². The van der Waals surface area contributed by atoms with Crippen LogP contribution in [0.5, 0.6) is 0 Å². The first kappa shape index (κ1) is 9.57. The van der Waals surface area contributed by atoms with E-state index in [4.69, 9.17) is 6.42 Å². The van der Waals surface area contributed by atoms with Gasteiger partial charge in [0, 0.05) is 26.2 Å². The van der Waals surface area contributed by atoms with Crippen LogP contribution < -0.4 is 0 Å². The van der Waals surface area contributed by atoms with E-state index in [9.17, 15) is 0 Å². The van der Waals surface area contributed by atoms with Crippen LogP contribution in [0, 0.1) is 12.3 Å². The maximum absolute atomic E-state index is 5.25. The molecule has 0 N–H and O–H groups in total. The summed E-state index contributed by atoms with van der Waals surface area (Å²) in [6.45, 7) is 8.96. The molecule has 12 heavy (non-hydrogen) atoms. The van der Waals surface area contributed by atoms with Gasteiger partial charge in [0.25, 0.3) is 0 Å². The van der Waals surface area contributed by atoms with Gasteiger partial charge in [-0.05, 0) is 13.0 Å². The van der Waals surface area contributed by atoms with E-state index in [-0.39, 0.29) is 0 Å². The smallest absolute Gasteiger partial charge is 0.0599 e. The monoisotopic (exact) mass is 166 g/mol. The molecule has 68 valence electrons. The fourth-order valence-electron chi connectivity index (χ4n) is 1.62. The first-order chi connectivity index (χ1) is 5.86. The predicted molar refractivity (Wildman–Crippen MR) is 52.0 cm³/mol. The molecule has 0 amide bonds. The van der Waals surface area contributed by atoms with E-state index >= 15 is 0 Å². The van der Waals surface area contributed by atoms with E-state index in [0.717, 1.165) is 19.6 Å². The number of terminal acetylenes is 1. The molecule has 2 heteroatoms. The molecular weight excluding hydrogens is 148 g/mol. The van der Waals surface area contributed by atoms with Gasteiger partial charge in [0.05, 0.1) is 6.54 Å². The zero-order chi connectivity index (χ0) is 8.81. The standard InChI is InChI=1S/C10H18N2/c1-3-5-11-7-9-12(6-4-2)10-8-11/h1H,4-10H2,2H3. The van der Waals surface area contributed by atoms with Crippen molar-refractivity contribution in [3.05, 3.63) is 0 Å². The minimum Gasteiger partial charge on any atom is -0.301 e. The highest BCUT2D eigenvalue weighted by molar-refractivity contribution is 4.89. The Morgan fingerprint density at radius 3 is 2.25 bits per heavy atom. The molecule has 1 aliphatic rings. The highest BCUT2D eigenvalue weighted by Crippen LogP contribution is 2.00. The van der Waals surface area contributed by atoms with Gasteiger partial charge in [0.15, 0.2) is 0 Å². The molecule has 1 aliphatic heterocycles. The highest BCUT2D eigenvalue weighted by Gasteiger charge is 2.14. The van der Waals surface area contributed by atoms with Crippen molar-refractivity contribution in [3.8, 4) is 12.3 Å². The van der Waals surface area contributed by atoms with Crippen LogP contribution in [0.2, 0.25) is 0 Å². The van der Waals surface area contributed by atoms with E-state index < -0.39 is 0 Å². The summed E-state index contributed by atoms with van der Waals surface area (Å²) in [5.74, 6) is 2.69. The molecule has 0 spiro atoms. The van der Waals surface area contributed by atoms with Gasteiger partial charge in [-0.2, -0.15) is 0 Å². The third-order valence-corrected chi connectivity index (χ3v) is 2.32. The number of hydrogen-bond acceptors (Lipinski definition) is 2. The van der Waals surface area contributed by atoms with Gasteiger partial charge < -0.3 is 4.90 Å². The molecule has 0 aromatic heterocycles. The number of piperazine rings is 1. The first-order valence-corrected chi connectivity index (χ1v) is 4.75. The number of rotatable bonds is 3. The third kappa shape index (κ3) is 2.84. The lowest BCUT2D eigenvalue weighted by Crippen LogP contribution is -2.46. The van der Waals surface area contributed by atoms with Gasteiger partial charge >= 0.3 is 0 Å². The summed E-state index contributed by atoms with van der Waals surface area (Å²) in [6, 6.07) is 0. The quantitative estimate of drug-likeness (QED) is 0.568. The Hall–Kier alpha value is -0.520. The summed E-state index contributed by atoms with van der Waals surface area (Å²) in [4.78, 5) is 4.85. The molecule has 0 saturated carbocycles. The second-order valence-corrected chi connectivity index (χ2v) is 3.32. The summed E-state index contributed by atoms with van der Waals surface area (Å²) in [5, 5.41) is 0. The van der Waals surface area contributed by atoms with Crippen LogP contribution in [0.25, 0.3) is 0 Å². The van der Waals surface area contributed by atoms with E-state index in [1.807, 2.05) is 0 Å². The second kappa shape index (κ2) is 5.18. The summed E-state index contributed by atoms with van der Waals surface area (Å²) >= 11 is 0. The summed E-state index contributed by atoms with van der Waals surface area (Å²) in [5.41, 5.74) is 0. The molecule has 1 fully saturated rings. The van der Waals surface area contributed by atoms with E-state index in [2.05, 4.69) is 22.6 Å². The second-order valence-electron chi connectivity index (χ2n) is 3.32. The SMILES string of the molecule is C#CCN1CCN(CCC)CC1. The Morgan fingerprint density at radius 1 is 1.17 bits per heavy atom. The summed E-state index contributed by atoms with van der Waals surface area (Å²) < 4.78 is 0. The average molecular weight is 166 g/mol. The van der Waals surface area contributed by atoms with Crippen LogP contribution in [-0.2, 0) is 0 Å². The van der Waals surface area contributed by atoms with Crippen molar-refractivity contribution in [2.75, 3.05) is 39.3 Å². The summed E-state index contributed by atoms with van der Waals surface area (Å²) in [7, 11) is 0. The molecule has 0 unspecified atom stereocenters. The highest BCUT2D eigenvalue weighted by atomic mass is 15.3. The molecule has 1 heterocycles. The largest absolute Gasteiger partial charge is 0.301 e. The Labute approximate surface area is 75.5 Å². The molecule has 0 aromatic rings. The molecule has 0 bridgehead atoms. The number of nitrogens with zero attached hydrogens (tertiary/aromatic N) is 2. The van der Waals surface area contributed by atoms with Gasteiger partial charge in [-0.3, -0.25) is 4.90 Å². The van der Waals surface area contributed by atoms with Crippen molar-refractivity contribution in [1.82, 2.24) is 9.80 Å². The maximum Gasteiger partial charge on any atom is 0.0599 e. The fourth-order valence-corrected chi connectivity index (χ4v) is 1.62. The van der Waals surface area contributed by atoms with Crippen molar-refractivity contribution in [1.29, 1.82) is 0 Å². The first-order valence-electron chi connectivity index (χ1n) is 4.75. The molecule has 1 rings (SSSR count). The van der Waals surface area contributed by atoms with Gasteiger partial charge in [-0.25, -0.2) is 0 Å². The zero-order valence-corrected chi connectivity index (χ0v) is 7.92. The van der Waals surface area contributed by atoms with Crippen molar-refractivity contribution in [2.45, 2.75) is 13.3 Å². The van der Waals surface area contributed by atoms with Crippen LogP contribution >= 0.6 is 0 Å². The van der Waals surface area contributed by atoms with Crippen molar-refractivity contribution < 1.29 is 0 Å². The molecule has 2 nitrogen and oxygen atoms in total. The number of hydrogen-bond donors (Lipinski definition) is 0. The maximum atomic E-state index is 5.25. The minimum atomic E-state index is 0.819. The van der Waals surface area contributed by atoms with Crippen LogP contribution in [0.3, 0.4) is 0 Å². The molecule has 1 saturated heterocycles. The minimum absolute atomic E-state index is 0.819. The Kier molecular flexibility index (Phi) is 4.13. The predicted octanol–water partition coefficient (Wildman–Crippen LogP) is 0.647. The van der Waals surface area contributed by atoms with Crippen molar-refractivity contribution in [2.24, 2.45) is 0 Å². The van der Waals surface area contributed by atoms with E-state index in [1.54, 1.807) is 0 Å². The van der Waals surface area contributed by atoms with Crippen molar-refractivity contribution in [3.63, 3.8) is 0 Å². The van der Waals surface area contributed by atoms with Crippen LogP contribution in [0.1, 0.15) is 13.3 Å². The van der Waals surface area contributed by atoms with Gasteiger partial charge in [-0.1, -0.05) is 12.8 Å². The lowest BCUT2D eigenvalue weighted by molar-refractivity contribution is 0.144. The average Bonchev–Trinajstić information content (AvgIpc) is 2.09. The molecular formula is C10H18N2. The molecule has 0 aliphatic carbocycles. The Morgan fingerprint density at radius 2 is 1.75 bits per heavy atom. The Bertz CT molecular complexity index is 152. The van der Waals surface area contributed by atoms with Crippen LogP contribution in [-0.4, -0.2) is 49.1 Å². The normalized spacial score (nSPS) is 20.7. The molecule has 0 atom stereocenters. The fraction of sp³-hybridized carbons (Fsp3) is 0.800. The lowest BCUT2D eigenvalue weighted by Gasteiger charge is -2.33. The summed E-state index contributed by atoms with van der Waals surface area (Å²) in [6.07, 6.45) is 6.51. The van der Waals surface area contributed by atoms with E-state index in [0.29, 0.717) is 0 Å². The van der Waals surface area contributed by atoms with Gasteiger partial charge in [0.1, 0.15) is 0 Å². The third-order valence-electron chi connectivity index (χ3n) is 2.32.